The normalized spacial score (nSPS) is 31.7. The van der Waals surface area contributed by atoms with Crippen LogP contribution in [0, 0.1) is 16.7 Å². The number of hydrogen-bond donors (Lipinski definition) is 0. The number of esters is 2. The number of ether oxygens (including phenoxy) is 1. The lowest BCUT2D eigenvalue weighted by molar-refractivity contribution is -0.160. The molecule has 1 aliphatic carbocycles. The van der Waals surface area contributed by atoms with Crippen LogP contribution in [0.4, 0.5) is 0 Å². The van der Waals surface area contributed by atoms with E-state index in [9.17, 15) is 24.0 Å². The Morgan fingerprint density at radius 2 is 1.65 bits per heavy atom. The van der Waals surface area contributed by atoms with Crippen LogP contribution in [0.5, 0.6) is 0 Å². The number of ketones is 3. The number of hydrogen-bond acceptors (Lipinski definition) is 6. The van der Waals surface area contributed by atoms with E-state index in [1.165, 1.54) is 6.08 Å². The van der Waals surface area contributed by atoms with Gasteiger partial charge in [0.05, 0.1) is 5.92 Å². The van der Waals surface area contributed by atoms with Gasteiger partial charge in [-0.05, 0) is 24.6 Å². The molecule has 3 atom stereocenters. The minimum atomic E-state index is -2.31. The molecular weight excluding hydrogens is 300 g/mol. The van der Waals surface area contributed by atoms with Gasteiger partial charge in [0.25, 0.3) is 0 Å². The van der Waals surface area contributed by atoms with E-state index in [1.807, 2.05) is 0 Å². The lowest BCUT2D eigenvalue weighted by Gasteiger charge is -2.41. The van der Waals surface area contributed by atoms with Gasteiger partial charge >= 0.3 is 11.9 Å². The zero-order valence-corrected chi connectivity index (χ0v) is 12.2. The van der Waals surface area contributed by atoms with Gasteiger partial charge in [-0.2, -0.15) is 0 Å². The Labute approximate surface area is 132 Å². The fourth-order valence-electron chi connectivity index (χ4n) is 3.38. The average Bonchev–Trinajstić information content (AvgIpc) is 2.81. The summed E-state index contributed by atoms with van der Waals surface area (Å²) in [6.45, 7) is 9.98. The predicted octanol–water partition coefficient (Wildman–Crippen LogP) is 0.884. The number of carbonyl (C=O) groups is 5. The van der Waals surface area contributed by atoms with Crippen LogP contribution in [0.15, 0.2) is 50.1 Å². The van der Waals surface area contributed by atoms with E-state index in [0.717, 1.165) is 24.3 Å². The number of cyclic esters (lactones) is 2. The fraction of sp³-hybridized carbons (Fsp3) is 0.235. The van der Waals surface area contributed by atoms with Crippen molar-refractivity contribution >= 4 is 29.3 Å². The molecule has 6 nitrogen and oxygen atoms in total. The molecule has 0 bridgehead atoms. The second-order valence-corrected chi connectivity index (χ2v) is 5.23. The zero-order valence-electron chi connectivity index (χ0n) is 12.2. The Kier molecular flexibility index (Phi) is 3.86. The van der Waals surface area contributed by atoms with Crippen LogP contribution in [-0.2, 0) is 28.7 Å². The summed E-state index contributed by atoms with van der Waals surface area (Å²) in [5.41, 5.74) is -4.55. The Bertz CT molecular complexity index is 713. The minimum absolute atomic E-state index is 0.0149. The molecule has 1 fully saturated rings. The van der Waals surface area contributed by atoms with Crippen molar-refractivity contribution in [1.82, 2.24) is 0 Å². The topological polar surface area (TPSA) is 94.6 Å². The molecule has 2 aliphatic rings. The molecule has 1 aliphatic heterocycles. The van der Waals surface area contributed by atoms with E-state index in [1.54, 1.807) is 0 Å². The molecule has 0 saturated carbocycles. The summed E-state index contributed by atoms with van der Waals surface area (Å²) in [5, 5.41) is 0. The SMILES string of the molecule is C=CC(=O)C1CC=CC2(C(=O)C=C)C(=O)OC(=O)C12C(=O)C=C. The Morgan fingerprint density at radius 1 is 1.04 bits per heavy atom. The average molecular weight is 314 g/mol. The maximum atomic E-state index is 12.6. The molecule has 0 N–H and O–H groups in total. The molecule has 118 valence electrons. The van der Waals surface area contributed by atoms with Gasteiger partial charge in [-0.15, -0.1) is 0 Å². The van der Waals surface area contributed by atoms with E-state index in [-0.39, 0.29) is 6.42 Å². The fourth-order valence-corrected chi connectivity index (χ4v) is 3.38. The predicted molar refractivity (Wildman–Crippen MR) is 78.8 cm³/mol. The van der Waals surface area contributed by atoms with Gasteiger partial charge in [0.2, 0.25) is 0 Å². The second kappa shape index (κ2) is 5.39. The summed E-state index contributed by atoms with van der Waals surface area (Å²) < 4.78 is 4.63. The monoisotopic (exact) mass is 314 g/mol. The number of allylic oxidation sites excluding steroid dienone is 4. The van der Waals surface area contributed by atoms with Crippen LogP contribution in [0.1, 0.15) is 6.42 Å². The summed E-state index contributed by atoms with van der Waals surface area (Å²) in [6, 6.07) is 0. The van der Waals surface area contributed by atoms with Gasteiger partial charge in [0, 0.05) is 0 Å². The quantitative estimate of drug-likeness (QED) is 0.313. The van der Waals surface area contributed by atoms with Crippen LogP contribution in [0.3, 0.4) is 0 Å². The molecule has 0 aromatic heterocycles. The largest absolute Gasteiger partial charge is 0.391 e. The molecule has 2 rings (SSSR count). The molecule has 23 heavy (non-hydrogen) atoms. The highest BCUT2D eigenvalue weighted by Gasteiger charge is 2.77. The third-order valence-electron chi connectivity index (χ3n) is 4.41. The Balaban J connectivity index is 2.94. The Morgan fingerprint density at radius 3 is 2.17 bits per heavy atom. The van der Waals surface area contributed by atoms with Crippen molar-refractivity contribution in [3.05, 3.63) is 50.1 Å². The van der Waals surface area contributed by atoms with Crippen molar-refractivity contribution in [3.8, 4) is 0 Å². The van der Waals surface area contributed by atoms with Gasteiger partial charge in [-0.3, -0.25) is 24.0 Å². The molecular formula is C17H14O6. The molecule has 1 heterocycles. The van der Waals surface area contributed by atoms with E-state index in [0.29, 0.717) is 0 Å². The first-order valence-corrected chi connectivity index (χ1v) is 6.79. The van der Waals surface area contributed by atoms with Crippen molar-refractivity contribution in [1.29, 1.82) is 0 Å². The lowest BCUT2D eigenvalue weighted by atomic mass is 9.51. The van der Waals surface area contributed by atoms with Crippen molar-refractivity contribution < 1.29 is 28.7 Å². The first kappa shape index (κ1) is 16.5. The summed E-state index contributed by atoms with van der Waals surface area (Å²) in [7, 11) is 0. The molecule has 3 unspecified atom stereocenters. The van der Waals surface area contributed by atoms with E-state index in [2.05, 4.69) is 24.5 Å². The standard InChI is InChI=1S/C17H14O6/c1-4-11(18)10-8-7-9-16(12(19)5-2)14(21)23-15(22)17(10,16)13(20)6-3/h4-7,9-10H,1-3,8H2. The van der Waals surface area contributed by atoms with Gasteiger partial charge in [-0.1, -0.05) is 31.9 Å². The Hall–Kier alpha value is -2.89. The van der Waals surface area contributed by atoms with Crippen LogP contribution in [0.25, 0.3) is 0 Å². The summed E-state index contributed by atoms with van der Waals surface area (Å²) >= 11 is 0. The molecule has 0 aromatic rings. The summed E-state index contributed by atoms with van der Waals surface area (Å²) in [5.74, 6) is -6.15. The van der Waals surface area contributed by atoms with Crippen molar-refractivity contribution in [2.75, 3.05) is 0 Å². The third kappa shape index (κ3) is 1.72. The number of fused-ring (bicyclic) bond motifs is 1. The minimum Gasteiger partial charge on any atom is -0.391 e. The lowest BCUT2D eigenvalue weighted by Crippen LogP contribution is -2.60. The molecule has 0 amide bonds. The third-order valence-corrected chi connectivity index (χ3v) is 4.41. The van der Waals surface area contributed by atoms with E-state index >= 15 is 0 Å². The van der Waals surface area contributed by atoms with Gasteiger partial charge in [0.15, 0.2) is 28.2 Å². The van der Waals surface area contributed by atoms with Gasteiger partial charge in [0.1, 0.15) is 0 Å². The molecule has 0 spiro atoms. The number of carbonyl (C=O) groups excluding carboxylic acids is 5. The second-order valence-electron chi connectivity index (χ2n) is 5.23. The van der Waals surface area contributed by atoms with Crippen LogP contribution in [0.2, 0.25) is 0 Å². The smallest absolute Gasteiger partial charge is 0.333 e. The molecule has 0 radical (unpaired) electrons. The first-order chi connectivity index (χ1) is 10.8. The zero-order chi connectivity index (χ0) is 17.4. The molecule has 0 aromatic carbocycles. The molecule has 1 saturated heterocycles. The van der Waals surface area contributed by atoms with E-state index in [4.69, 9.17) is 0 Å². The summed E-state index contributed by atoms with van der Waals surface area (Å²) in [6.07, 6.45) is 5.13. The van der Waals surface area contributed by atoms with Crippen molar-refractivity contribution in [3.63, 3.8) is 0 Å². The van der Waals surface area contributed by atoms with Gasteiger partial charge in [-0.25, -0.2) is 0 Å². The highest BCUT2D eigenvalue weighted by Crippen LogP contribution is 2.58. The van der Waals surface area contributed by atoms with Crippen LogP contribution >= 0.6 is 0 Å². The van der Waals surface area contributed by atoms with Crippen LogP contribution in [-0.4, -0.2) is 29.3 Å². The highest BCUT2D eigenvalue weighted by molar-refractivity contribution is 6.30. The van der Waals surface area contributed by atoms with Crippen molar-refractivity contribution in [2.45, 2.75) is 6.42 Å². The maximum absolute atomic E-state index is 12.6. The molecule has 6 heteroatoms. The maximum Gasteiger partial charge on any atom is 0.333 e. The van der Waals surface area contributed by atoms with E-state index < -0.39 is 46.0 Å². The summed E-state index contributed by atoms with van der Waals surface area (Å²) in [4.78, 5) is 62.1. The van der Waals surface area contributed by atoms with Gasteiger partial charge < -0.3 is 4.74 Å². The van der Waals surface area contributed by atoms with Crippen molar-refractivity contribution in [2.24, 2.45) is 16.7 Å². The first-order valence-electron chi connectivity index (χ1n) is 6.79. The highest BCUT2D eigenvalue weighted by atomic mass is 16.6. The number of rotatable bonds is 6. The van der Waals surface area contributed by atoms with Crippen LogP contribution < -0.4 is 0 Å².